The number of nitrogens with zero attached hydrogens (tertiary/aromatic N) is 6. The lowest BCUT2D eigenvalue weighted by Crippen LogP contribution is -2.11. The molecule has 0 unspecified atom stereocenters. The first-order valence-electron chi connectivity index (χ1n) is 49.3. The molecule has 0 N–H and O–H groups in total. The van der Waals surface area contributed by atoms with E-state index >= 15 is 0 Å². The molecule has 0 atom stereocenters. The average molecular weight is 1900 g/mol. The standard InChI is InChI=1S/C48H32N2S.C46H30N2S.C42H28N2S/c1-3-13-33(14-4-1)34-25-29-38(30-26-34)49(44-24-11-16-35-15-7-8-19-40(35)44)39-31-27-36(28-32-39)41-21-12-22-43-46-48(51-47(41)43)42-20-9-10-23-45(42)50(46)37-17-5-2-6-18-37;1-2-17-34(18-3-1)48-43-24-9-8-21-39(43)46-44(48)40-23-12-22-38(45(40)49-46)33-27-29-35(30-28-33)47(41-25-10-15-31-13-4-6-19-36(31)41)42-26-11-16-32-14-5-7-20-37(32)42;1-3-15-31(16-4-1)43(38-24-11-14-29-13-7-8-19-34(29)38)33-27-25-30(26-28-33)35-21-12-22-37-40-42(45-41(35)37)36-20-9-10-23-39(36)44(40)32-17-5-2-6-18-32/h1-32H;1-30H;1-28H. The van der Waals surface area contributed by atoms with E-state index in [0.29, 0.717) is 0 Å². The fourth-order valence-corrected chi connectivity index (χ4v) is 26.0. The third kappa shape index (κ3) is 15.1. The molecule has 0 aliphatic rings. The molecule has 23 aromatic carbocycles. The predicted molar refractivity (Wildman–Crippen MR) is 624 cm³/mol. The second kappa shape index (κ2) is 36.8. The van der Waals surface area contributed by atoms with E-state index < -0.39 is 0 Å². The first-order valence-corrected chi connectivity index (χ1v) is 51.8. The maximum Gasteiger partial charge on any atom is 0.0727 e. The van der Waals surface area contributed by atoms with Gasteiger partial charge in [-0.1, -0.05) is 406 Å². The summed E-state index contributed by atoms with van der Waals surface area (Å²) in [6.45, 7) is 0. The van der Waals surface area contributed by atoms with Crippen molar-refractivity contribution < 1.29 is 0 Å². The second-order valence-corrected chi connectivity index (χ2v) is 39.9. The average Bonchev–Trinajstić information content (AvgIpc) is 1.56. The summed E-state index contributed by atoms with van der Waals surface area (Å²) in [5.74, 6) is 0. The summed E-state index contributed by atoms with van der Waals surface area (Å²) in [5, 5.41) is 17.6. The monoisotopic (exact) mass is 1900 g/mol. The lowest BCUT2D eigenvalue weighted by Gasteiger charge is -2.28. The first kappa shape index (κ1) is 85.9. The van der Waals surface area contributed by atoms with Gasteiger partial charge >= 0.3 is 0 Å². The van der Waals surface area contributed by atoms with Crippen molar-refractivity contribution in [2.24, 2.45) is 0 Å². The van der Waals surface area contributed by atoms with E-state index in [1.807, 2.05) is 34.0 Å². The van der Waals surface area contributed by atoms with Crippen LogP contribution in [0.1, 0.15) is 0 Å². The molecule has 6 nitrogen and oxygen atoms in total. The van der Waals surface area contributed by atoms with Gasteiger partial charge in [0.05, 0.1) is 69.9 Å². The van der Waals surface area contributed by atoms with Gasteiger partial charge in [-0.2, -0.15) is 0 Å². The van der Waals surface area contributed by atoms with Crippen LogP contribution in [-0.2, 0) is 0 Å². The summed E-state index contributed by atoms with van der Waals surface area (Å²) in [6, 6.07) is 197. The second-order valence-electron chi connectivity index (χ2n) is 36.8. The minimum atomic E-state index is 1.12. The number of hydrogen-bond acceptors (Lipinski definition) is 6. The lowest BCUT2D eigenvalue weighted by atomic mass is 10.0. The summed E-state index contributed by atoms with van der Waals surface area (Å²) < 4.78 is 15.2. The molecule has 0 saturated carbocycles. The van der Waals surface area contributed by atoms with Crippen molar-refractivity contribution in [3.05, 3.63) is 546 Å². The van der Waals surface area contributed by atoms with Crippen molar-refractivity contribution in [2.75, 3.05) is 14.7 Å². The molecule has 6 heterocycles. The molecule has 6 aromatic heterocycles. The fraction of sp³-hybridized carbons (Fsp3) is 0. The molecule has 0 radical (unpaired) electrons. The van der Waals surface area contributed by atoms with Crippen molar-refractivity contribution in [3.8, 4) is 61.6 Å². The van der Waals surface area contributed by atoms with Crippen LogP contribution in [0.3, 0.4) is 0 Å². The number of fused-ring (bicyclic) bond motifs is 19. The zero-order valence-corrected chi connectivity index (χ0v) is 81.3. The summed E-state index contributed by atoms with van der Waals surface area (Å²) in [6.07, 6.45) is 0. The molecule has 9 heteroatoms. The molecule has 0 bridgehead atoms. The number of aromatic nitrogens is 3. The minimum Gasteiger partial charge on any atom is -0.310 e. The van der Waals surface area contributed by atoms with Crippen LogP contribution in [0.2, 0.25) is 0 Å². The van der Waals surface area contributed by atoms with Crippen LogP contribution in [-0.4, -0.2) is 13.7 Å². The third-order valence-electron chi connectivity index (χ3n) is 28.5. The summed E-state index contributed by atoms with van der Waals surface area (Å²) >= 11 is 5.71. The Morgan fingerprint density at radius 3 is 0.662 bits per heavy atom. The zero-order chi connectivity index (χ0) is 95.8. The summed E-state index contributed by atoms with van der Waals surface area (Å²) in [5.41, 5.74) is 31.3. The van der Waals surface area contributed by atoms with Gasteiger partial charge in [-0.3, -0.25) is 0 Å². The van der Waals surface area contributed by atoms with Gasteiger partial charge in [0.2, 0.25) is 0 Å². The molecule has 682 valence electrons. The number of thiophene rings is 3. The molecule has 0 amide bonds. The maximum absolute atomic E-state index is 2.43. The van der Waals surface area contributed by atoms with Gasteiger partial charge < -0.3 is 28.4 Å². The zero-order valence-electron chi connectivity index (χ0n) is 78.9. The van der Waals surface area contributed by atoms with Crippen LogP contribution in [0.4, 0.5) is 51.2 Å². The van der Waals surface area contributed by atoms with Gasteiger partial charge in [-0.15, -0.1) is 34.0 Å². The molecule has 0 spiro atoms. The van der Waals surface area contributed by atoms with E-state index in [-0.39, 0.29) is 0 Å². The SMILES string of the molecule is c1ccc(-c2ccc(N(c3ccc(-c4cccc5c4sc4c6ccccc6n(-c6ccccc6)c54)cc3)c3cccc4ccccc34)cc2)cc1.c1ccc(-n2c3ccccc3c3sc4c(-c5ccc(N(c6cccc7ccccc67)c6cccc7ccccc67)cc5)cccc4c32)cc1.c1ccc(N(c2ccc(-c3cccc4c3sc3c5ccccc5n(-c5ccccc5)c43)cc2)c2cccc3ccccc23)cc1. The van der Waals surface area contributed by atoms with E-state index in [4.69, 9.17) is 0 Å². The number of rotatable bonds is 16. The molecular weight excluding hydrogens is 1810 g/mol. The normalized spacial score (nSPS) is 11.6. The molecule has 0 aliphatic heterocycles. The van der Waals surface area contributed by atoms with Crippen molar-refractivity contribution in [3.63, 3.8) is 0 Å². The Hall–Kier alpha value is -18.2. The van der Waals surface area contributed by atoms with Gasteiger partial charge in [0.15, 0.2) is 0 Å². The van der Waals surface area contributed by atoms with Gasteiger partial charge in [-0.25, -0.2) is 0 Å². The Morgan fingerprint density at radius 1 is 0.138 bits per heavy atom. The highest BCUT2D eigenvalue weighted by molar-refractivity contribution is 7.28. The van der Waals surface area contributed by atoms with Crippen molar-refractivity contribution in [2.45, 2.75) is 0 Å². The van der Waals surface area contributed by atoms with Crippen LogP contribution in [0.25, 0.3) is 198 Å². The van der Waals surface area contributed by atoms with E-state index in [9.17, 15) is 0 Å². The quantitative estimate of drug-likeness (QED) is 0.0964. The topological polar surface area (TPSA) is 24.5 Å². The van der Waals surface area contributed by atoms with Crippen molar-refractivity contribution in [1.82, 2.24) is 13.7 Å². The number of para-hydroxylation sites is 7. The Kier molecular flexibility index (Phi) is 21.8. The Bertz CT molecular complexity index is 9840. The van der Waals surface area contributed by atoms with Gasteiger partial charge in [0.25, 0.3) is 0 Å². The maximum atomic E-state index is 2.43. The van der Waals surface area contributed by atoms with Gasteiger partial charge in [-0.05, 0) is 206 Å². The molecular formula is C136H90N6S3. The first-order chi connectivity index (χ1) is 72.0. The number of benzene rings is 23. The van der Waals surface area contributed by atoms with Crippen LogP contribution >= 0.6 is 34.0 Å². The predicted octanol–water partition coefficient (Wildman–Crippen LogP) is 39.7. The number of hydrogen-bond donors (Lipinski definition) is 0. The summed E-state index contributed by atoms with van der Waals surface area (Å²) in [4.78, 5) is 7.17. The Balaban J connectivity index is 0.000000108. The van der Waals surface area contributed by atoms with E-state index in [1.54, 1.807) is 0 Å². The van der Waals surface area contributed by atoms with Crippen LogP contribution in [0.15, 0.2) is 546 Å². The van der Waals surface area contributed by atoms with Crippen molar-refractivity contribution >= 4 is 222 Å². The number of anilines is 9. The van der Waals surface area contributed by atoms with Crippen LogP contribution < -0.4 is 14.7 Å². The lowest BCUT2D eigenvalue weighted by molar-refractivity contribution is 1.19. The Labute approximate surface area is 851 Å². The smallest absolute Gasteiger partial charge is 0.0727 e. The highest BCUT2D eigenvalue weighted by Gasteiger charge is 2.28. The fourth-order valence-electron chi connectivity index (χ4n) is 21.9. The van der Waals surface area contributed by atoms with Gasteiger partial charge in [0.1, 0.15) is 0 Å². The third-order valence-corrected chi connectivity index (χ3v) is 32.3. The molecule has 29 rings (SSSR count). The van der Waals surface area contributed by atoms with E-state index in [0.717, 1.165) is 34.1 Å². The van der Waals surface area contributed by atoms with E-state index in [2.05, 4.69) is 574 Å². The largest absolute Gasteiger partial charge is 0.310 e. The Morgan fingerprint density at radius 2 is 0.352 bits per heavy atom. The van der Waals surface area contributed by atoms with E-state index in [1.165, 1.54) is 215 Å². The molecule has 0 aliphatic carbocycles. The van der Waals surface area contributed by atoms with Gasteiger partial charge in [0, 0.05) is 113 Å². The van der Waals surface area contributed by atoms with Crippen LogP contribution in [0, 0.1) is 0 Å². The minimum absolute atomic E-state index is 1.12. The summed E-state index contributed by atoms with van der Waals surface area (Å²) in [7, 11) is 0. The van der Waals surface area contributed by atoms with Crippen molar-refractivity contribution in [1.29, 1.82) is 0 Å². The molecule has 0 fully saturated rings. The molecule has 0 saturated heterocycles. The highest BCUT2D eigenvalue weighted by atomic mass is 32.1. The molecule has 29 aromatic rings. The molecule has 145 heavy (non-hydrogen) atoms. The van der Waals surface area contributed by atoms with Crippen LogP contribution in [0.5, 0.6) is 0 Å². The highest BCUT2D eigenvalue weighted by Crippen LogP contribution is 2.53.